The fraction of sp³-hybridized carbons (Fsp3) is 0.440. The molecule has 1 saturated carbocycles. The number of likely N-dealkylation sites (tertiary alicyclic amines) is 1. The minimum absolute atomic E-state index is 0.0483. The van der Waals surface area contributed by atoms with Crippen molar-refractivity contribution >= 4 is 5.91 Å². The number of benzene rings is 1. The van der Waals surface area contributed by atoms with Crippen molar-refractivity contribution in [2.24, 2.45) is 5.92 Å². The summed E-state index contributed by atoms with van der Waals surface area (Å²) in [6.07, 6.45) is 6.09. The van der Waals surface area contributed by atoms with Crippen LogP contribution in [0.1, 0.15) is 53.3 Å². The number of aryl methyl sites for hydroxylation is 2. The molecule has 1 amide bonds. The highest BCUT2D eigenvalue weighted by molar-refractivity contribution is 5.95. The third kappa shape index (κ3) is 2.99. The summed E-state index contributed by atoms with van der Waals surface area (Å²) in [6, 6.07) is 10.0. The third-order valence-electron chi connectivity index (χ3n) is 7.00. The van der Waals surface area contributed by atoms with Crippen LogP contribution in [-0.4, -0.2) is 33.4 Å². The second-order valence-electron chi connectivity index (χ2n) is 9.25. The minimum Gasteiger partial charge on any atom is -0.480 e. The molecular weight excluding hydrogens is 390 g/mol. The summed E-state index contributed by atoms with van der Waals surface area (Å²) >= 11 is 0. The number of fused-ring (bicyclic) bond motifs is 4. The van der Waals surface area contributed by atoms with Crippen LogP contribution < -0.4 is 4.74 Å². The van der Waals surface area contributed by atoms with Crippen molar-refractivity contribution in [3.05, 3.63) is 59.4 Å². The molecule has 3 aromatic rings. The van der Waals surface area contributed by atoms with Gasteiger partial charge in [0.1, 0.15) is 17.3 Å². The number of furan rings is 1. The van der Waals surface area contributed by atoms with Gasteiger partial charge in [0.2, 0.25) is 0 Å². The average Bonchev–Trinajstić information content (AvgIpc) is 3.37. The molecular formula is C25H27N3O3. The number of aromatic nitrogens is 2. The maximum absolute atomic E-state index is 13.1. The van der Waals surface area contributed by atoms with E-state index >= 15 is 0 Å². The number of hydrogen-bond donors (Lipinski definition) is 0. The third-order valence-corrected chi connectivity index (χ3v) is 7.00. The zero-order valence-corrected chi connectivity index (χ0v) is 18.1. The summed E-state index contributed by atoms with van der Waals surface area (Å²) < 4.78 is 14.6. The lowest BCUT2D eigenvalue weighted by atomic mass is 9.83. The van der Waals surface area contributed by atoms with E-state index in [1.807, 2.05) is 49.3 Å². The van der Waals surface area contributed by atoms with Crippen molar-refractivity contribution in [1.29, 1.82) is 0 Å². The van der Waals surface area contributed by atoms with Gasteiger partial charge in [-0.2, -0.15) is 0 Å². The molecule has 0 atom stereocenters. The fourth-order valence-electron chi connectivity index (χ4n) is 5.21. The van der Waals surface area contributed by atoms with E-state index in [1.165, 1.54) is 18.5 Å². The maximum Gasteiger partial charge on any atom is 0.257 e. The van der Waals surface area contributed by atoms with Crippen LogP contribution in [0, 0.1) is 19.8 Å². The predicted octanol–water partition coefficient (Wildman–Crippen LogP) is 4.69. The highest BCUT2D eigenvalue weighted by Crippen LogP contribution is 2.49. The number of imidazole rings is 1. The highest BCUT2D eigenvalue weighted by atomic mass is 16.5. The lowest BCUT2D eigenvalue weighted by Crippen LogP contribution is -2.50. The van der Waals surface area contributed by atoms with Crippen molar-refractivity contribution < 1.29 is 13.9 Å². The molecule has 1 aromatic carbocycles. The molecule has 0 bridgehead atoms. The van der Waals surface area contributed by atoms with Crippen LogP contribution in [0.15, 0.2) is 41.1 Å². The Bertz CT molecular complexity index is 1160. The monoisotopic (exact) mass is 417 g/mol. The van der Waals surface area contributed by atoms with Gasteiger partial charge in [-0.25, -0.2) is 4.98 Å². The summed E-state index contributed by atoms with van der Waals surface area (Å²) in [6.45, 7) is 6.05. The fourth-order valence-corrected chi connectivity index (χ4v) is 5.21. The van der Waals surface area contributed by atoms with E-state index in [0.717, 1.165) is 48.1 Å². The van der Waals surface area contributed by atoms with E-state index in [9.17, 15) is 4.79 Å². The molecule has 0 radical (unpaired) electrons. The van der Waals surface area contributed by atoms with Crippen LogP contribution in [0.25, 0.3) is 11.3 Å². The molecule has 0 N–H and O–H groups in total. The number of hydrogen-bond acceptors (Lipinski definition) is 4. The lowest BCUT2D eigenvalue weighted by molar-refractivity contribution is -0.00747. The molecule has 31 heavy (non-hydrogen) atoms. The number of ether oxygens (including phenoxy) is 1. The van der Waals surface area contributed by atoms with Gasteiger partial charge < -0.3 is 18.6 Å². The van der Waals surface area contributed by atoms with Crippen molar-refractivity contribution in [2.75, 3.05) is 13.1 Å². The van der Waals surface area contributed by atoms with Crippen LogP contribution in [0.5, 0.6) is 5.75 Å². The summed E-state index contributed by atoms with van der Waals surface area (Å²) in [7, 11) is 0. The van der Waals surface area contributed by atoms with Crippen LogP contribution in [-0.2, 0) is 12.1 Å². The van der Waals surface area contributed by atoms with Gasteiger partial charge in [-0.1, -0.05) is 12.1 Å². The number of carbonyl (C=O) groups is 1. The average molecular weight is 418 g/mol. The topological polar surface area (TPSA) is 60.5 Å². The Hall–Kier alpha value is -3.02. The first-order chi connectivity index (χ1) is 15.0. The molecule has 3 aliphatic rings. The molecule has 0 unspecified atom stereocenters. The van der Waals surface area contributed by atoms with Gasteiger partial charge >= 0.3 is 0 Å². The van der Waals surface area contributed by atoms with Crippen molar-refractivity contribution in [3.63, 3.8) is 0 Å². The first-order valence-electron chi connectivity index (χ1n) is 11.2. The maximum atomic E-state index is 13.1. The first-order valence-corrected chi connectivity index (χ1v) is 11.2. The van der Waals surface area contributed by atoms with Gasteiger partial charge in [-0.15, -0.1) is 0 Å². The Labute approximate surface area is 181 Å². The molecule has 1 aliphatic carbocycles. The van der Waals surface area contributed by atoms with Gasteiger partial charge in [-0.05, 0) is 50.8 Å². The van der Waals surface area contributed by atoms with Crippen LogP contribution >= 0.6 is 0 Å². The Kier molecular flexibility index (Phi) is 4.07. The molecule has 6 nitrogen and oxygen atoms in total. The van der Waals surface area contributed by atoms with Crippen molar-refractivity contribution in [2.45, 2.75) is 51.7 Å². The molecule has 6 rings (SSSR count). The van der Waals surface area contributed by atoms with Gasteiger partial charge in [-0.3, -0.25) is 4.79 Å². The van der Waals surface area contributed by atoms with E-state index in [2.05, 4.69) is 10.6 Å². The second kappa shape index (κ2) is 6.74. The summed E-state index contributed by atoms with van der Waals surface area (Å²) in [5, 5.41) is 0. The Balaban J connectivity index is 1.33. The molecule has 6 heteroatoms. The molecule has 1 saturated heterocycles. The number of carbonyl (C=O) groups excluding carboxylic acids is 1. The van der Waals surface area contributed by atoms with E-state index in [0.29, 0.717) is 24.4 Å². The molecule has 1 spiro atoms. The summed E-state index contributed by atoms with van der Waals surface area (Å²) in [5.74, 6) is 3.16. The summed E-state index contributed by atoms with van der Waals surface area (Å²) in [5.41, 5.74) is 3.54. The largest absolute Gasteiger partial charge is 0.480 e. The summed E-state index contributed by atoms with van der Waals surface area (Å²) in [4.78, 5) is 19.9. The Morgan fingerprint density at radius 2 is 1.97 bits per heavy atom. The number of rotatable bonds is 3. The number of nitrogens with zero attached hydrogens (tertiary/aromatic N) is 3. The molecule has 2 aromatic heterocycles. The normalized spacial score (nSPS) is 19.1. The first kappa shape index (κ1) is 18.7. The number of piperidine rings is 1. The van der Waals surface area contributed by atoms with E-state index in [1.54, 1.807) is 0 Å². The molecule has 2 fully saturated rings. The minimum atomic E-state index is -0.437. The van der Waals surface area contributed by atoms with Gasteiger partial charge in [0.05, 0.1) is 23.3 Å². The zero-order chi connectivity index (χ0) is 21.2. The second-order valence-corrected chi connectivity index (χ2v) is 9.25. The van der Waals surface area contributed by atoms with Gasteiger partial charge in [0, 0.05) is 38.0 Å². The van der Waals surface area contributed by atoms with E-state index < -0.39 is 5.60 Å². The smallest absolute Gasteiger partial charge is 0.257 e. The number of amides is 1. The van der Waals surface area contributed by atoms with Gasteiger partial charge in [0.15, 0.2) is 5.60 Å². The van der Waals surface area contributed by atoms with Crippen LogP contribution in [0.3, 0.4) is 0 Å². The lowest BCUT2D eigenvalue weighted by Gasteiger charge is -2.44. The molecule has 2 aliphatic heterocycles. The SMILES string of the molecule is Cc1cc(C(=O)N2CCC3(CC2)Oc2ccccc2-c2ncn(CC4CC4)c23)c(C)o1. The van der Waals surface area contributed by atoms with Crippen molar-refractivity contribution in [1.82, 2.24) is 14.5 Å². The van der Waals surface area contributed by atoms with E-state index in [4.69, 9.17) is 14.1 Å². The molecule has 4 heterocycles. The van der Waals surface area contributed by atoms with Gasteiger partial charge in [0.25, 0.3) is 5.91 Å². The van der Waals surface area contributed by atoms with Crippen LogP contribution in [0.2, 0.25) is 0 Å². The quantitative estimate of drug-likeness (QED) is 0.620. The van der Waals surface area contributed by atoms with Crippen molar-refractivity contribution in [3.8, 4) is 17.0 Å². The highest BCUT2D eigenvalue weighted by Gasteiger charge is 2.47. The Morgan fingerprint density at radius 3 is 2.68 bits per heavy atom. The Morgan fingerprint density at radius 1 is 1.19 bits per heavy atom. The molecule has 160 valence electrons. The van der Waals surface area contributed by atoms with Crippen LogP contribution in [0.4, 0.5) is 0 Å². The van der Waals surface area contributed by atoms with E-state index in [-0.39, 0.29) is 5.91 Å². The standard InChI is InChI=1S/C25H27N3O3/c1-16-13-20(17(2)30-16)24(29)27-11-9-25(10-12-27)23-22(19-5-3-4-6-21(19)31-25)26-15-28(23)14-18-7-8-18/h3-6,13,15,18H,7-12,14H2,1-2H3. The zero-order valence-electron chi connectivity index (χ0n) is 18.1. The number of para-hydroxylation sites is 1. The predicted molar refractivity (Wildman–Crippen MR) is 116 cm³/mol.